The van der Waals surface area contributed by atoms with Gasteiger partial charge in [0.05, 0.1) is 6.10 Å². The molecule has 3 nitrogen and oxygen atoms in total. The van der Waals surface area contributed by atoms with E-state index in [0.717, 1.165) is 38.5 Å². The van der Waals surface area contributed by atoms with Crippen molar-refractivity contribution >= 4 is 51.5 Å². The van der Waals surface area contributed by atoms with Crippen molar-refractivity contribution in [3.05, 3.63) is 0 Å². The number of hydrogen-bond donors (Lipinski definition) is 2. The molecule has 0 bridgehead atoms. The number of carbonyl (C=O) groups is 1. The smallest absolute Gasteiger partial charge is 1.00 e. The van der Waals surface area contributed by atoms with Crippen LogP contribution in [0.15, 0.2) is 0 Å². The zero-order valence-corrected chi connectivity index (χ0v) is 18.2. The van der Waals surface area contributed by atoms with Crippen LogP contribution in [0.3, 0.4) is 0 Å². The number of rotatable bonds is 16. The van der Waals surface area contributed by atoms with E-state index in [1.807, 2.05) is 0 Å². The van der Waals surface area contributed by atoms with E-state index in [2.05, 4.69) is 6.92 Å². The number of carboxylic acids is 1. The Morgan fingerprint density at radius 3 is 1.68 bits per heavy atom. The molecule has 0 rings (SSSR count). The minimum atomic E-state index is -0.678. The standard InChI is InChI=1S/C18H36O3.Sr.2H/c1-2-3-4-11-14-17(19)15-12-9-7-5-6-8-10-13-16-18(20)21;;;/h17,19H,2-16H2,1H3,(H,20,21);;;/q;+2;2*-1. The monoisotopic (exact) mass is 390 g/mol. The topological polar surface area (TPSA) is 57.5 Å². The van der Waals surface area contributed by atoms with Crippen LogP contribution in [0, 0.1) is 0 Å². The Balaban J connectivity index is -0.000000667. The molecular formula is C18H38O3Sr. The van der Waals surface area contributed by atoms with E-state index >= 15 is 0 Å². The third-order valence-corrected chi connectivity index (χ3v) is 4.07. The van der Waals surface area contributed by atoms with Gasteiger partial charge in [-0.3, -0.25) is 4.79 Å². The first kappa shape index (κ1) is 25.2. The van der Waals surface area contributed by atoms with E-state index in [1.165, 1.54) is 51.4 Å². The zero-order chi connectivity index (χ0) is 15.8. The molecule has 0 heterocycles. The summed E-state index contributed by atoms with van der Waals surface area (Å²) in [6.07, 6.45) is 16.3. The van der Waals surface area contributed by atoms with Gasteiger partial charge >= 0.3 is 51.5 Å². The molecule has 0 radical (unpaired) electrons. The molecule has 0 aromatic rings. The Labute approximate surface area is 177 Å². The maximum atomic E-state index is 10.3. The van der Waals surface area contributed by atoms with E-state index in [0.29, 0.717) is 6.42 Å². The minimum Gasteiger partial charge on any atom is -1.00 e. The van der Waals surface area contributed by atoms with Gasteiger partial charge in [0, 0.05) is 6.42 Å². The number of aliphatic carboxylic acids is 1. The van der Waals surface area contributed by atoms with Crippen molar-refractivity contribution in [1.82, 2.24) is 0 Å². The molecule has 0 saturated heterocycles. The summed E-state index contributed by atoms with van der Waals surface area (Å²) in [5, 5.41) is 18.4. The van der Waals surface area contributed by atoms with Gasteiger partial charge in [-0.1, -0.05) is 77.6 Å². The largest absolute Gasteiger partial charge is 2.00 e. The van der Waals surface area contributed by atoms with Crippen LogP contribution in [-0.2, 0) is 4.79 Å². The number of aliphatic hydroxyl groups excluding tert-OH is 1. The molecule has 2 N–H and O–H groups in total. The van der Waals surface area contributed by atoms with Gasteiger partial charge in [0.15, 0.2) is 0 Å². The van der Waals surface area contributed by atoms with Crippen LogP contribution >= 0.6 is 0 Å². The maximum absolute atomic E-state index is 10.3. The Morgan fingerprint density at radius 2 is 1.23 bits per heavy atom. The Morgan fingerprint density at radius 1 is 0.818 bits per heavy atom. The molecule has 0 amide bonds. The van der Waals surface area contributed by atoms with Crippen molar-refractivity contribution in [2.45, 2.75) is 109 Å². The molecule has 0 aliphatic carbocycles. The fourth-order valence-corrected chi connectivity index (χ4v) is 2.67. The van der Waals surface area contributed by atoms with E-state index < -0.39 is 5.97 Å². The van der Waals surface area contributed by atoms with Crippen LogP contribution in [0.5, 0.6) is 0 Å². The SMILES string of the molecule is CCCCCCC(O)CCCCCCCCCCC(=O)O.[H-].[H-].[Sr+2]. The van der Waals surface area contributed by atoms with Gasteiger partial charge in [-0.25, -0.2) is 0 Å². The van der Waals surface area contributed by atoms with Crippen molar-refractivity contribution in [2.24, 2.45) is 0 Å². The first-order valence-electron chi connectivity index (χ1n) is 9.06. The number of aliphatic hydroxyl groups is 1. The second-order valence-corrected chi connectivity index (χ2v) is 6.26. The zero-order valence-electron chi connectivity index (χ0n) is 16.7. The molecular weight excluding hydrogens is 352 g/mol. The summed E-state index contributed by atoms with van der Waals surface area (Å²) in [5.41, 5.74) is 0. The molecule has 1 atom stereocenters. The van der Waals surface area contributed by atoms with Crippen LogP contribution in [0.25, 0.3) is 0 Å². The Kier molecular flexibility index (Phi) is 22.8. The molecule has 0 aliphatic heterocycles. The second-order valence-electron chi connectivity index (χ2n) is 6.26. The summed E-state index contributed by atoms with van der Waals surface area (Å²) < 4.78 is 0. The normalized spacial score (nSPS) is 11.9. The van der Waals surface area contributed by atoms with Gasteiger partial charge in [-0.2, -0.15) is 0 Å². The predicted octanol–water partition coefficient (Wildman–Crippen LogP) is 5.15. The van der Waals surface area contributed by atoms with Gasteiger partial charge in [-0.15, -0.1) is 0 Å². The molecule has 0 spiro atoms. The average molecular weight is 390 g/mol. The summed E-state index contributed by atoms with van der Waals surface area (Å²) in [6.45, 7) is 2.21. The van der Waals surface area contributed by atoms with Crippen molar-refractivity contribution < 1.29 is 17.9 Å². The summed E-state index contributed by atoms with van der Waals surface area (Å²) >= 11 is 0. The van der Waals surface area contributed by atoms with E-state index in [9.17, 15) is 9.90 Å². The Hall–Kier alpha value is 0.911. The van der Waals surface area contributed by atoms with Crippen molar-refractivity contribution in [1.29, 1.82) is 0 Å². The van der Waals surface area contributed by atoms with Crippen LogP contribution in [0.4, 0.5) is 0 Å². The van der Waals surface area contributed by atoms with E-state index in [4.69, 9.17) is 5.11 Å². The van der Waals surface area contributed by atoms with Gasteiger partial charge in [0.25, 0.3) is 0 Å². The predicted molar refractivity (Wildman–Crippen MR) is 96.5 cm³/mol. The number of carboxylic acid groups (broad SMARTS) is 1. The van der Waals surface area contributed by atoms with Gasteiger partial charge in [0.1, 0.15) is 0 Å². The molecule has 1 unspecified atom stereocenters. The third-order valence-electron chi connectivity index (χ3n) is 4.07. The summed E-state index contributed by atoms with van der Waals surface area (Å²) in [5.74, 6) is -0.678. The van der Waals surface area contributed by atoms with Crippen molar-refractivity contribution in [3.63, 3.8) is 0 Å². The molecule has 0 aliphatic rings. The Bertz CT molecular complexity index is 244. The van der Waals surface area contributed by atoms with Crippen LogP contribution in [0.1, 0.15) is 106 Å². The molecule has 0 aromatic heterocycles. The molecule has 22 heavy (non-hydrogen) atoms. The maximum Gasteiger partial charge on any atom is 2.00 e. The third kappa shape index (κ3) is 20.9. The number of hydrogen-bond acceptors (Lipinski definition) is 2. The quantitative estimate of drug-likeness (QED) is 0.283. The first-order chi connectivity index (χ1) is 10.2. The fourth-order valence-electron chi connectivity index (χ4n) is 2.67. The molecule has 0 saturated carbocycles. The molecule has 0 fully saturated rings. The summed E-state index contributed by atoms with van der Waals surface area (Å²) in [4.78, 5) is 10.3. The van der Waals surface area contributed by atoms with Crippen LogP contribution in [0.2, 0.25) is 0 Å². The molecule has 4 heteroatoms. The van der Waals surface area contributed by atoms with Crippen LogP contribution < -0.4 is 0 Å². The van der Waals surface area contributed by atoms with Crippen molar-refractivity contribution in [3.8, 4) is 0 Å². The number of unbranched alkanes of at least 4 members (excludes halogenated alkanes) is 10. The van der Waals surface area contributed by atoms with Crippen molar-refractivity contribution in [2.75, 3.05) is 0 Å². The second kappa shape index (κ2) is 20.0. The average Bonchev–Trinajstić information content (AvgIpc) is 2.45. The first-order valence-corrected chi connectivity index (χ1v) is 9.06. The van der Waals surface area contributed by atoms with E-state index in [1.54, 1.807) is 0 Å². The summed E-state index contributed by atoms with van der Waals surface area (Å²) in [7, 11) is 0. The van der Waals surface area contributed by atoms with E-state index in [-0.39, 0.29) is 54.4 Å². The molecule has 0 aromatic carbocycles. The van der Waals surface area contributed by atoms with Gasteiger partial charge < -0.3 is 13.1 Å². The minimum absolute atomic E-state index is 0. The van der Waals surface area contributed by atoms with Gasteiger partial charge in [-0.05, 0) is 19.3 Å². The van der Waals surface area contributed by atoms with Gasteiger partial charge in [0.2, 0.25) is 0 Å². The molecule has 130 valence electrons. The fraction of sp³-hybridized carbons (Fsp3) is 0.944. The van der Waals surface area contributed by atoms with Crippen LogP contribution in [-0.4, -0.2) is 67.8 Å². The summed E-state index contributed by atoms with van der Waals surface area (Å²) in [6, 6.07) is 0.